The largest absolute Gasteiger partial charge is 0.348 e. The third-order valence-electron chi connectivity index (χ3n) is 2.17. The van der Waals surface area contributed by atoms with E-state index >= 15 is 0 Å². The van der Waals surface area contributed by atoms with Crippen molar-refractivity contribution in [3.05, 3.63) is 6.33 Å². The number of nitrogens with zero attached hydrogens (tertiary/aromatic N) is 4. The minimum absolute atomic E-state index is 0.0864. The molecule has 0 saturated heterocycles. The standard InChI is InChI=1S/C10H18N4OS/c1-7(2)14-6-11-12-10(14)16-8(3)9(15)13(4)5/h6-8H,1-5H3. The average Bonchev–Trinajstić information content (AvgIpc) is 2.64. The molecule has 1 aromatic heterocycles. The summed E-state index contributed by atoms with van der Waals surface area (Å²) in [6.07, 6.45) is 1.69. The lowest BCUT2D eigenvalue weighted by molar-refractivity contribution is -0.127. The highest BCUT2D eigenvalue weighted by molar-refractivity contribution is 8.00. The second-order valence-electron chi connectivity index (χ2n) is 4.11. The van der Waals surface area contributed by atoms with E-state index in [9.17, 15) is 4.79 Å². The number of hydrogen-bond donors (Lipinski definition) is 0. The Labute approximate surface area is 100 Å². The Hall–Kier alpha value is -1.04. The van der Waals surface area contributed by atoms with E-state index in [2.05, 4.69) is 24.0 Å². The Morgan fingerprint density at radius 3 is 2.56 bits per heavy atom. The summed E-state index contributed by atoms with van der Waals surface area (Å²) in [5, 5.41) is 8.54. The summed E-state index contributed by atoms with van der Waals surface area (Å²) >= 11 is 1.44. The van der Waals surface area contributed by atoms with E-state index in [4.69, 9.17) is 0 Å². The maximum atomic E-state index is 11.7. The minimum Gasteiger partial charge on any atom is -0.348 e. The third kappa shape index (κ3) is 2.98. The van der Waals surface area contributed by atoms with Crippen molar-refractivity contribution in [2.24, 2.45) is 0 Å². The Kier molecular flexibility index (Phi) is 4.35. The molecular formula is C10H18N4OS. The van der Waals surface area contributed by atoms with Gasteiger partial charge in [-0.2, -0.15) is 0 Å². The van der Waals surface area contributed by atoms with Gasteiger partial charge in [0, 0.05) is 20.1 Å². The zero-order valence-corrected chi connectivity index (χ0v) is 11.2. The predicted octanol–water partition coefficient (Wildman–Crippen LogP) is 1.43. The molecule has 1 aromatic rings. The van der Waals surface area contributed by atoms with Crippen molar-refractivity contribution in [3.63, 3.8) is 0 Å². The van der Waals surface area contributed by atoms with Crippen molar-refractivity contribution in [1.29, 1.82) is 0 Å². The summed E-state index contributed by atoms with van der Waals surface area (Å²) in [6.45, 7) is 6.00. The molecule has 0 radical (unpaired) electrons. The molecule has 0 aromatic carbocycles. The summed E-state index contributed by atoms with van der Waals surface area (Å²) in [7, 11) is 3.51. The summed E-state index contributed by atoms with van der Waals surface area (Å²) in [5.41, 5.74) is 0. The van der Waals surface area contributed by atoms with Crippen LogP contribution >= 0.6 is 11.8 Å². The van der Waals surface area contributed by atoms with Crippen molar-refractivity contribution < 1.29 is 4.79 Å². The molecule has 1 rings (SSSR count). The van der Waals surface area contributed by atoms with Gasteiger partial charge in [-0.05, 0) is 20.8 Å². The number of thioether (sulfide) groups is 1. The predicted molar refractivity (Wildman–Crippen MR) is 64.4 cm³/mol. The van der Waals surface area contributed by atoms with Gasteiger partial charge in [0.25, 0.3) is 0 Å². The Balaban J connectivity index is 2.73. The molecule has 5 nitrogen and oxygen atoms in total. The van der Waals surface area contributed by atoms with Gasteiger partial charge in [-0.15, -0.1) is 10.2 Å². The van der Waals surface area contributed by atoms with Crippen LogP contribution in [0.2, 0.25) is 0 Å². The van der Waals surface area contributed by atoms with E-state index in [1.165, 1.54) is 11.8 Å². The van der Waals surface area contributed by atoms with Crippen LogP contribution in [0.5, 0.6) is 0 Å². The molecule has 0 N–H and O–H groups in total. The first-order chi connectivity index (χ1) is 7.43. The molecular weight excluding hydrogens is 224 g/mol. The SMILES string of the molecule is CC(Sc1nncn1C(C)C)C(=O)N(C)C. The van der Waals surface area contributed by atoms with Crippen LogP contribution in [0.25, 0.3) is 0 Å². The number of amides is 1. The summed E-state index contributed by atoms with van der Waals surface area (Å²) in [6, 6.07) is 0.305. The number of rotatable bonds is 4. The molecule has 1 unspecified atom stereocenters. The lowest BCUT2D eigenvalue weighted by atomic mass is 10.4. The molecule has 0 fully saturated rings. The molecule has 1 heterocycles. The van der Waals surface area contributed by atoms with E-state index in [0.717, 1.165) is 5.16 Å². The van der Waals surface area contributed by atoms with E-state index in [1.807, 2.05) is 11.5 Å². The highest BCUT2D eigenvalue weighted by Gasteiger charge is 2.19. The summed E-state index contributed by atoms with van der Waals surface area (Å²) in [4.78, 5) is 13.3. The molecule has 0 bridgehead atoms. The fourth-order valence-electron chi connectivity index (χ4n) is 1.24. The highest BCUT2D eigenvalue weighted by atomic mass is 32.2. The van der Waals surface area contributed by atoms with Crippen molar-refractivity contribution >= 4 is 17.7 Å². The van der Waals surface area contributed by atoms with Crippen LogP contribution in [-0.4, -0.2) is 44.9 Å². The van der Waals surface area contributed by atoms with Crippen LogP contribution in [-0.2, 0) is 4.79 Å². The van der Waals surface area contributed by atoms with Gasteiger partial charge >= 0.3 is 0 Å². The number of carbonyl (C=O) groups is 1. The average molecular weight is 242 g/mol. The molecule has 1 atom stereocenters. The van der Waals surface area contributed by atoms with Crippen LogP contribution in [0.15, 0.2) is 11.5 Å². The fraction of sp³-hybridized carbons (Fsp3) is 0.700. The van der Waals surface area contributed by atoms with Crippen LogP contribution in [0.3, 0.4) is 0 Å². The summed E-state index contributed by atoms with van der Waals surface area (Å²) in [5.74, 6) is 0.0864. The normalized spacial score (nSPS) is 12.9. The molecule has 6 heteroatoms. The number of hydrogen-bond acceptors (Lipinski definition) is 4. The lowest BCUT2D eigenvalue weighted by Gasteiger charge is -2.17. The quantitative estimate of drug-likeness (QED) is 0.749. The maximum Gasteiger partial charge on any atom is 0.235 e. The second-order valence-corrected chi connectivity index (χ2v) is 5.42. The first kappa shape index (κ1) is 13.0. The first-order valence-electron chi connectivity index (χ1n) is 5.20. The summed E-state index contributed by atoms with van der Waals surface area (Å²) < 4.78 is 1.96. The van der Waals surface area contributed by atoms with Crippen LogP contribution in [0.1, 0.15) is 26.8 Å². The molecule has 16 heavy (non-hydrogen) atoms. The van der Waals surface area contributed by atoms with Crippen LogP contribution in [0.4, 0.5) is 0 Å². The van der Waals surface area contributed by atoms with Gasteiger partial charge in [-0.3, -0.25) is 4.79 Å². The van der Waals surface area contributed by atoms with Gasteiger partial charge in [0.15, 0.2) is 5.16 Å². The molecule has 0 aliphatic carbocycles. The molecule has 0 spiro atoms. The molecule has 0 saturated carbocycles. The van der Waals surface area contributed by atoms with Crippen molar-refractivity contribution in [2.45, 2.75) is 37.2 Å². The van der Waals surface area contributed by atoms with E-state index in [-0.39, 0.29) is 11.2 Å². The van der Waals surface area contributed by atoms with Crippen molar-refractivity contribution in [1.82, 2.24) is 19.7 Å². The highest BCUT2D eigenvalue weighted by Crippen LogP contribution is 2.24. The monoisotopic (exact) mass is 242 g/mol. The topological polar surface area (TPSA) is 51.0 Å². The Bertz CT molecular complexity index is 361. The second kappa shape index (κ2) is 5.34. The van der Waals surface area contributed by atoms with E-state index < -0.39 is 0 Å². The van der Waals surface area contributed by atoms with Crippen molar-refractivity contribution in [2.75, 3.05) is 14.1 Å². The van der Waals surface area contributed by atoms with Gasteiger partial charge in [0.05, 0.1) is 5.25 Å². The number of aromatic nitrogens is 3. The van der Waals surface area contributed by atoms with Crippen LogP contribution in [0, 0.1) is 0 Å². The zero-order valence-electron chi connectivity index (χ0n) is 10.3. The first-order valence-corrected chi connectivity index (χ1v) is 6.08. The lowest BCUT2D eigenvalue weighted by Crippen LogP contribution is -2.29. The van der Waals surface area contributed by atoms with Crippen molar-refractivity contribution in [3.8, 4) is 0 Å². The zero-order chi connectivity index (χ0) is 12.3. The maximum absolute atomic E-state index is 11.7. The van der Waals surface area contributed by atoms with Gasteiger partial charge in [-0.25, -0.2) is 0 Å². The van der Waals surface area contributed by atoms with Gasteiger partial charge in [0.2, 0.25) is 5.91 Å². The number of carbonyl (C=O) groups excluding carboxylic acids is 1. The third-order valence-corrected chi connectivity index (χ3v) is 3.23. The Morgan fingerprint density at radius 1 is 1.44 bits per heavy atom. The fourth-order valence-corrected chi connectivity index (χ4v) is 2.34. The minimum atomic E-state index is -0.142. The molecule has 90 valence electrons. The van der Waals surface area contributed by atoms with Crippen LogP contribution < -0.4 is 0 Å². The Morgan fingerprint density at radius 2 is 2.06 bits per heavy atom. The smallest absolute Gasteiger partial charge is 0.235 e. The van der Waals surface area contributed by atoms with Gasteiger partial charge in [-0.1, -0.05) is 11.8 Å². The molecule has 0 aliphatic heterocycles. The van der Waals surface area contributed by atoms with E-state index in [0.29, 0.717) is 6.04 Å². The van der Waals surface area contributed by atoms with Gasteiger partial charge < -0.3 is 9.47 Å². The molecule has 1 amide bonds. The van der Waals surface area contributed by atoms with E-state index in [1.54, 1.807) is 25.3 Å². The van der Waals surface area contributed by atoms with Gasteiger partial charge in [0.1, 0.15) is 6.33 Å². The molecule has 0 aliphatic rings.